The van der Waals surface area contributed by atoms with Gasteiger partial charge in [-0.3, -0.25) is 0 Å². The van der Waals surface area contributed by atoms with E-state index in [0.29, 0.717) is 0 Å². The first-order valence-corrected chi connectivity index (χ1v) is 10.6. The molecule has 0 spiro atoms. The molecule has 2 aromatic rings. The Morgan fingerprint density at radius 1 is 0.385 bits per heavy atom. The van der Waals surface area contributed by atoms with Crippen molar-refractivity contribution in [3.05, 3.63) is 46.5 Å². The summed E-state index contributed by atoms with van der Waals surface area (Å²) in [5.74, 6) is -16.1. The molecule has 2 nitrogen and oxygen atoms in total. The number of anilines is 2. The number of rotatable bonds is 3. The summed E-state index contributed by atoms with van der Waals surface area (Å²) < 4.78 is 115. The van der Waals surface area contributed by atoms with E-state index in [1.54, 1.807) is 0 Å². The van der Waals surface area contributed by atoms with E-state index in [-0.39, 0.29) is 66.0 Å². The third-order valence-corrected chi connectivity index (χ3v) is 5.41. The lowest BCUT2D eigenvalue weighted by Crippen LogP contribution is -2.21. The van der Waals surface area contributed by atoms with Gasteiger partial charge in [0.25, 0.3) is 0 Å². The van der Waals surface area contributed by atoms with Crippen LogP contribution in [0.3, 0.4) is 0 Å². The molecule has 0 amide bonds. The number of hydrogen-bond donors (Lipinski definition) is 0. The number of halogens is 8. The van der Waals surface area contributed by atoms with Gasteiger partial charge in [0.1, 0.15) is 0 Å². The average Bonchev–Trinajstić information content (AvgIpc) is 2.54. The minimum absolute atomic E-state index is 0.0237. The molecule has 0 N–H and O–H groups in total. The van der Waals surface area contributed by atoms with Gasteiger partial charge in [-0.2, -0.15) is 0 Å². The van der Waals surface area contributed by atoms with Crippen LogP contribution in [-0.4, -0.2) is 66.0 Å². The van der Waals surface area contributed by atoms with Crippen molar-refractivity contribution in [2.45, 2.75) is 0 Å². The van der Waals surface area contributed by atoms with Gasteiger partial charge in [0.2, 0.25) is 0 Å². The van der Waals surface area contributed by atoms with Crippen LogP contribution >= 0.6 is 0 Å². The molecule has 0 aliphatic rings. The smallest absolute Gasteiger partial charge is 0.337 e. The van der Waals surface area contributed by atoms with E-state index in [2.05, 4.69) is 0 Å². The summed E-state index contributed by atoms with van der Waals surface area (Å²) in [4.78, 5) is 0. The number of nitrogens with zero attached hydrogens (tertiary/aromatic N) is 2. The van der Waals surface area contributed by atoms with Crippen LogP contribution in [0.25, 0.3) is 11.1 Å². The van der Waals surface area contributed by atoms with Gasteiger partial charge >= 0.3 is 66.0 Å². The predicted octanol–water partition coefficient (Wildman–Crippen LogP) is 0.272. The first-order chi connectivity index (χ1) is 11.9. The van der Waals surface area contributed by atoms with Crippen molar-refractivity contribution >= 4 is 77.4 Å². The van der Waals surface area contributed by atoms with Crippen LogP contribution in [0.4, 0.5) is 46.5 Å². The van der Waals surface area contributed by atoms with Crippen molar-refractivity contribution in [1.29, 1.82) is 0 Å². The van der Waals surface area contributed by atoms with Crippen LogP contribution < -0.4 is 5.73 Å². The van der Waals surface area contributed by atoms with Gasteiger partial charge in [-0.25, -0.2) is 35.1 Å². The van der Waals surface area contributed by atoms with Crippen molar-refractivity contribution < 1.29 is 35.1 Å². The third-order valence-electron chi connectivity index (χ3n) is 3.62. The van der Waals surface area contributed by atoms with E-state index < -0.39 is 69.0 Å². The van der Waals surface area contributed by atoms with Crippen LogP contribution in [0.5, 0.6) is 0 Å². The second-order valence-corrected chi connectivity index (χ2v) is 14.7. The molecule has 0 heterocycles. The maximum absolute atomic E-state index is 14.3. The van der Waals surface area contributed by atoms with Gasteiger partial charge in [-0.05, 0) is 0 Å². The summed E-state index contributed by atoms with van der Waals surface area (Å²) in [6.45, 7) is 0. The molecule has 0 aliphatic carbocycles. The van der Waals surface area contributed by atoms with E-state index in [9.17, 15) is 35.1 Å². The van der Waals surface area contributed by atoms with E-state index in [0.717, 1.165) is 5.73 Å². The van der Waals surface area contributed by atoms with Gasteiger partial charge < -0.3 is 5.73 Å². The zero-order valence-electron chi connectivity index (χ0n) is 13.9. The molecule has 2 rings (SSSR count). The van der Waals surface area contributed by atoms with E-state index in [1.807, 2.05) is 0 Å². The molecule has 0 aliphatic heterocycles. The zero-order valence-corrected chi connectivity index (χ0v) is 21.9. The Hall–Kier alpha value is -0.390. The molecule has 0 unspecified atom stereocenters. The topological polar surface area (TPSA) is 6.48 Å². The van der Waals surface area contributed by atoms with Crippen LogP contribution in [0.1, 0.15) is 0 Å². The molecule has 0 saturated heterocycles. The van der Waals surface area contributed by atoms with Crippen molar-refractivity contribution in [2.75, 3.05) is 5.73 Å². The molecule has 0 aromatic heterocycles. The second-order valence-electron chi connectivity index (χ2n) is 5.75. The van der Waals surface area contributed by atoms with Crippen LogP contribution in [-0.2, 0) is 0 Å². The first kappa shape index (κ1) is 21.9. The van der Waals surface area contributed by atoms with Crippen molar-refractivity contribution in [1.82, 2.24) is 0 Å². The summed E-state index contributed by atoms with van der Waals surface area (Å²) in [6, 6.07) is 0. The van der Waals surface area contributed by atoms with Gasteiger partial charge in [-0.1, -0.05) is 0 Å². The van der Waals surface area contributed by atoms with Crippen molar-refractivity contribution in [2.24, 2.45) is 0 Å². The highest BCUT2D eigenvalue weighted by molar-refractivity contribution is 6.42. The summed E-state index contributed by atoms with van der Waals surface area (Å²) in [6.07, 6.45) is 0. The maximum atomic E-state index is 14.3. The molecule has 0 saturated carbocycles. The van der Waals surface area contributed by atoms with Gasteiger partial charge in [0.05, 0.1) is 22.5 Å². The standard InChI is InChI=1S/C12F8N2.4Al.8H/c13-3-1(4(14)8(18)11(21)7(3)17)2-5(15)9(19)12(22)10(20)6(2)16;;;;;;;;;;;;. The molecule has 2 aromatic carbocycles. The minimum Gasteiger partial charge on any atom is -0.565 e. The average molecular weight is 440 g/mol. The zero-order chi connectivity index (χ0) is 20.1. The maximum Gasteiger partial charge on any atom is 0.337 e. The Morgan fingerprint density at radius 3 is 0.731 bits per heavy atom. The van der Waals surface area contributed by atoms with Crippen molar-refractivity contribution in [3.63, 3.8) is 0 Å². The molecule has 0 radical (unpaired) electrons. The van der Waals surface area contributed by atoms with Crippen molar-refractivity contribution in [3.8, 4) is 11.1 Å². The number of benzene rings is 2. The van der Waals surface area contributed by atoms with Gasteiger partial charge in [0.15, 0.2) is 46.5 Å². The molecule has 0 fully saturated rings. The fraction of sp³-hybridized carbons (Fsp3) is 0. The lowest BCUT2D eigenvalue weighted by atomic mass is 10.0. The van der Waals surface area contributed by atoms with Gasteiger partial charge in [0, 0.05) is 0 Å². The summed E-state index contributed by atoms with van der Waals surface area (Å²) in [5.41, 5.74) is -5.71. The highest BCUT2D eigenvalue weighted by Gasteiger charge is 2.34. The number of hydrogen-bond acceptors (Lipinski definition) is 2. The minimum atomic E-state index is -2.13. The largest absolute Gasteiger partial charge is 0.565 e. The molecule has 0 atom stereocenters. The third kappa shape index (κ3) is 3.40. The van der Waals surface area contributed by atoms with E-state index in [4.69, 9.17) is 0 Å². The Bertz CT molecular complexity index is 774. The van der Waals surface area contributed by atoms with E-state index in [1.165, 1.54) is 0 Å². The molecular weight excluding hydrogens is 432 g/mol. The lowest BCUT2D eigenvalue weighted by Gasteiger charge is -2.23. The normalized spacial score (nSPS) is 10.9. The molecule has 14 heteroatoms. The summed E-state index contributed by atoms with van der Waals surface area (Å²) in [5, 5.41) is 0. The highest BCUT2D eigenvalue weighted by Crippen LogP contribution is 2.41. The molecular formula is C12H8Al4F8N2. The summed E-state index contributed by atoms with van der Waals surface area (Å²) >= 11 is 0.0949. The van der Waals surface area contributed by atoms with Crippen LogP contribution in [0.2, 0.25) is 0 Å². The fourth-order valence-corrected chi connectivity index (χ4v) is 4.04. The fourth-order valence-electron chi connectivity index (χ4n) is 2.46. The predicted molar refractivity (Wildman–Crippen MR) is 90.7 cm³/mol. The molecule has 26 heavy (non-hydrogen) atoms. The molecule has 0 bridgehead atoms. The summed E-state index contributed by atoms with van der Waals surface area (Å²) in [7, 11) is 0. The Kier molecular flexibility index (Phi) is 6.68. The molecule has 134 valence electrons. The SMILES string of the molecule is Fc1c(F)c([N]([AlH2])[AlH2])c(F)c(F)c1-c1c(F)c(F)c([N]([AlH2])[AlH2])c(F)c1F. The Morgan fingerprint density at radius 2 is 0.577 bits per heavy atom. The highest BCUT2D eigenvalue weighted by atomic mass is 27.1. The first-order valence-electron chi connectivity index (χ1n) is 7.00. The Balaban J connectivity index is 3.00. The van der Waals surface area contributed by atoms with Gasteiger partial charge in [-0.15, -0.1) is 0 Å². The Labute approximate surface area is 175 Å². The monoisotopic (exact) mass is 440 g/mol. The van der Waals surface area contributed by atoms with Crippen LogP contribution in [0, 0.1) is 46.5 Å². The van der Waals surface area contributed by atoms with E-state index >= 15 is 0 Å². The lowest BCUT2D eigenvalue weighted by molar-refractivity contribution is 0.446. The second kappa shape index (κ2) is 7.92. The quantitative estimate of drug-likeness (QED) is 0.385. The van der Waals surface area contributed by atoms with Crippen LogP contribution in [0.15, 0.2) is 0 Å².